The van der Waals surface area contributed by atoms with Crippen molar-refractivity contribution in [3.63, 3.8) is 0 Å². The van der Waals surface area contributed by atoms with Gasteiger partial charge in [0, 0.05) is 37.6 Å². The highest BCUT2D eigenvalue weighted by atomic mass is 35.5. The lowest BCUT2D eigenvalue weighted by Crippen LogP contribution is -2.42. The Morgan fingerprint density at radius 2 is 2.00 bits per heavy atom. The van der Waals surface area contributed by atoms with E-state index in [-0.39, 0.29) is 24.8 Å². The molecule has 0 radical (unpaired) electrons. The summed E-state index contributed by atoms with van der Waals surface area (Å²) in [5.41, 5.74) is 0. The molecule has 4 nitrogen and oxygen atoms in total. The lowest BCUT2D eigenvalue weighted by molar-refractivity contribution is 0.0702. The number of rotatable bonds is 3. The molecule has 2 N–H and O–H groups in total. The molecule has 0 unspecified atom stereocenters. The fourth-order valence-corrected chi connectivity index (χ4v) is 2.56. The molecule has 1 fully saturated rings. The minimum atomic E-state index is -0.827. The largest absolute Gasteiger partial charge is 0.477 e. The quantitative estimate of drug-likeness (QED) is 0.892. The lowest BCUT2D eigenvalue weighted by Gasteiger charge is -2.26. The van der Waals surface area contributed by atoms with Gasteiger partial charge in [0.25, 0.3) is 0 Å². The van der Waals surface area contributed by atoms with Crippen LogP contribution in [0.25, 0.3) is 0 Å². The molecule has 1 saturated heterocycles. The standard InChI is InChI=1S/C10H14N2O2S.2ClH/c13-10(14)9-2-1-8(15-9)7-12-5-3-11-4-6-12;;/h1-2,11H,3-7H2,(H,13,14);2*1H. The highest BCUT2D eigenvalue weighted by Gasteiger charge is 2.12. The zero-order valence-electron chi connectivity index (χ0n) is 9.22. The lowest BCUT2D eigenvalue weighted by atomic mass is 10.3. The molecule has 0 saturated carbocycles. The van der Waals surface area contributed by atoms with Crippen LogP contribution < -0.4 is 5.32 Å². The Morgan fingerprint density at radius 3 is 2.53 bits per heavy atom. The third kappa shape index (κ3) is 4.81. The molecule has 1 aliphatic rings. The number of carboxylic acid groups (broad SMARTS) is 1. The Morgan fingerprint density at radius 1 is 1.35 bits per heavy atom. The molecular weight excluding hydrogens is 283 g/mol. The Labute approximate surface area is 117 Å². The van der Waals surface area contributed by atoms with Gasteiger partial charge in [-0.05, 0) is 12.1 Å². The van der Waals surface area contributed by atoms with E-state index in [0.717, 1.165) is 37.6 Å². The number of carboxylic acids is 1. The van der Waals surface area contributed by atoms with Gasteiger partial charge in [0.2, 0.25) is 0 Å². The third-order valence-corrected chi connectivity index (χ3v) is 3.52. The van der Waals surface area contributed by atoms with Gasteiger partial charge in [-0.3, -0.25) is 4.90 Å². The van der Waals surface area contributed by atoms with Crippen LogP contribution >= 0.6 is 36.2 Å². The first-order valence-corrected chi connectivity index (χ1v) is 5.82. The fourth-order valence-electron chi connectivity index (χ4n) is 1.67. The van der Waals surface area contributed by atoms with Crippen LogP contribution in [0.4, 0.5) is 0 Å². The van der Waals surface area contributed by atoms with E-state index in [1.807, 2.05) is 6.07 Å². The predicted octanol–water partition coefficient (Wildman–Crippen LogP) is 1.70. The molecule has 0 aliphatic carbocycles. The van der Waals surface area contributed by atoms with E-state index in [2.05, 4.69) is 10.2 Å². The second kappa shape index (κ2) is 7.89. The summed E-state index contributed by atoms with van der Waals surface area (Å²) in [5, 5.41) is 12.1. The van der Waals surface area contributed by atoms with Crippen LogP contribution in [-0.4, -0.2) is 42.2 Å². The van der Waals surface area contributed by atoms with E-state index >= 15 is 0 Å². The first kappa shape index (κ1) is 16.7. The van der Waals surface area contributed by atoms with Crippen molar-refractivity contribution < 1.29 is 9.90 Å². The van der Waals surface area contributed by atoms with Crippen molar-refractivity contribution in [2.24, 2.45) is 0 Å². The number of nitrogens with one attached hydrogen (secondary N) is 1. The topological polar surface area (TPSA) is 52.6 Å². The van der Waals surface area contributed by atoms with Gasteiger partial charge in [0.1, 0.15) is 4.88 Å². The van der Waals surface area contributed by atoms with Crippen molar-refractivity contribution in [2.75, 3.05) is 26.2 Å². The molecule has 2 heterocycles. The molecule has 0 amide bonds. The van der Waals surface area contributed by atoms with Crippen LogP contribution in [0.1, 0.15) is 14.5 Å². The van der Waals surface area contributed by atoms with Crippen molar-refractivity contribution in [2.45, 2.75) is 6.54 Å². The van der Waals surface area contributed by atoms with Gasteiger partial charge in [-0.15, -0.1) is 36.2 Å². The summed E-state index contributed by atoms with van der Waals surface area (Å²) in [7, 11) is 0. The van der Waals surface area contributed by atoms with Crippen molar-refractivity contribution in [1.82, 2.24) is 10.2 Å². The second-order valence-corrected chi connectivity index (χ2v) is 4.77. The van der Waals surface area contributed by atoms with Crippen molar-refractivity contribution in [1.29, 1.82) is 0 Å². The van der Waals surface area contributed by atoms with Crippen molar-refractivity contribution >= 4 is 42.1 Å². The van der Waals surface area contributed by atoms with Gasteiger partial charge in [-0.1, -0.05) is 0 Å². The van der Waals surface area contributed by atoms with E-state index in [1.54, 1.807) is 6.07 Å². The second-order valence-electron chi connectivity index (χ2n) is 3.60. The number of carbonyl (C=O) groups is 1. The van der Waals surface area contributed by atoms with Crippen LogP contribution in [0.2, 0.25) is 0 Å². The van der Waals surface area contributed by atoms with E-state index in [0.29, 0.717) is 4.88 Å². The molecule has 1 aliphatic heterocycles. The molecular formula is C10H16Cl2N2O2S. The van der Waals surface area contributed by atoms with Crippen LogP contribution in [0.15, 0.2) is 12.1 Å². The summed E-state index contributed by atoms with van der Waals surface area (Å²) in [6, 6.07) is 3.60. The molecule has 0 spiro atoms. The number of hydrogen-bond acceptors (Lipinski definition) is 4. The van der Waals surface area contributed by atoms with E-state index < -0.39 is 5.97 Å². The highest BCUT2D eigenvalue weighted by Crippen LogP contribution is 2.18. The fraction of sp³-hybridized carbons (Fsp3) is 0.500. The zero-order chi connectivity index (χ0) is 10.7. The van der Waals surface area contributed by atoms with Crippen molar-refractivity contribution in [3.8, 4) is 0 Å². The maximum absolute atomic E-state index is 10.7. The van der Waals surface area contributed by atoms with Gasteiger partial charge in [-0.25, -0.2) is 4.79 Å². The summed E-state index contributed by atoms with van der Waals surface area (Å²) < 4.78 is 0. The van der Waals surface area contributed by atoms with Crippen LogP contribution in [0.5, 0.6) is 0 Å². The van der Waals surface area contributed by atoms with Crippen LogP contribution in [-0.2, 0) is 6.54 Å². The van der Waals surface area contributed by atoms with Gasteiger partial charge >= 0.3 is 5.97 Å². The van der Waals surface area contributed by atoms with Crippen LogP contribution in [0.3, 0.4) is 0 Å². The molecule has 0 aromatic carbocycles. The minimum absolute atomic E-state index is 0. The monoisotopic (exact) mass is 298 g/mol. The summed E-state index contributed by atoms with van der Waals surface area (Å²) in [6.07, 6.45) is 0. The molecule has 17 heavy (non-hydrogen) atoms. The highest BCUT2D eigenvalue weighted by molar-refractivity contribution is 7.13. The zero-order valence-corrected chi connectivity index (χ0v) is 11.7. The molecule has 2 rings (SSSR count). The summed E-state index contributed by atoms with van der Waals surface area (Å²) in [6.45, 7) is 5.01. The SMILES string of the molecule is Cl.Cl.O=C(O)c1ccc(CN2CCNCC2)s1. The number of halogens is 2. The van der Waals surface area contributed by atoms with E-state index in [1.165, 1.54) is 11.3 Å². The Balaban J connectivity index is 0.00000128. The number of piperazine rings is 1. The summed E-state index contributed by atoms with van der Waals surface area (Å²) in [5.74, 6) is -0.827. The summed E-state index contributed by atoms with van der Waals surface area (Å²) >= 11 is 1.37. The molecule has 0 atom stereocenters. The first-order chi connectivity index (χ1) is 7.25. The van der Waals surface area contributed by atoms with Gasteiger partial charge in [0.05, 0.1) is 0 Å². The normalized spacial score (nSPS) is 15.8. The van der Waals surface area contributed by atoms with Gasteiger partial charge < -0.3 is 10.4 Å². The maximum atomic E-state index is 10.7. The van der Waals surface area contributed by atoms with Gasteiger partial charge in [-0.2, -0.15) is 0 Å². The Bertz CT molecular complexity index is 354. The molecule has 0 bridgehead atoms. The number of nitrogens with zero attached hydrogens (tertiary/aromatic N) is 1. The average Bonchev–Trinajstić information content (AvgIpc) is 2.68. The Hall–Kier alpha value is -0.330. The Kier molecular flexibility index (Phi) is 7.74. The molecule has 7 heteroatoms. The smallest absolute Gasteiger partial charge is 0.345 e. The molecule has 98 valence electrons. The van der Waals surface area contributed by atoms with E-state index in [4.69, 9.17) is 5.11 Å². The number of aromatic carboxylic acids is 1. The molecule has 1 aromatic heterocycles. The predicted molar refractivity (Wildman–Crippen MR) is 73.9 cm³/mol. The minimum Gasteiger partial charge on any atom is -0.477 e. The van der Waals surface area contributed by atoms with Crippen LogP contribution in [0, 0.1) is 0 Å². The first-order valence-electron chi connectivity index (χ1n) is 5.01. The third-order valence-electron chi connectivity index (χ3n) is 2.46. The van der Waals surface area contributed by atoms with Gasteiger partial charge in [0.15, 0.2) is 0 Å². The summed E-state index contributed by atoms with van der Waals surface area (Å²) in [4.78, 5) is 14.6. The maximum Gasteiger partial charge on any atom is 0.345 e. The average molecular weight is 299 g/mol. The molecule has 1 aromatic rings. The number of hydrogen-bond donors (Lipinski definition) is 2. The van der Waals surface area contributed by atoms with E-state index in [9.17, 15) is 4.79 Å². The number of thiophene rings is 1. The van der Waals surface area contributed by atoms with Crippen molar-refractivity contribution in [3.05, 3.63) is 21.9 Å².